The maximum Gasteiger partial charge on any atom is 0.433 e. The first-order valence-electron chi connectivity index (χ1n) is 8.04. The maximum atomic E-state index is 12.7. The molecular formula is C19H15F3N2O3. The van der Waals surface area contributed by atoms with Gasteiger partial charge in [0.25, 0.3) is 0 Å². The number of halogens is 3. The van der Waals surface area contributed by atoms with E-state index < -0.39 is 29.7 Å². The van der Waals surface area contributed by atoms with Gasteiger partial charge in [-0.1, -0.05) is 18.2 Å². The first kappa shape index (κ1) is 18.6. The summed E-state index contributed by atoms with van der Waals surface area (Å²) in [6.45, 7) is 2.69. The second-order valence-electron chi connectivity index (χ2n) is 5.99. The van der Waals surface area contributed by atoms with E-state index in [1.165, 1.54) is 20.0 Å². The lowest BCUT2D eigenvalue weighted by molar-refractivity contribution is -0.141. The number of aromatic nitrogens is 2. The minimum Gasteiger partial charge on any atom is -0.451 e. The van der Waals surface area contributed by atoms with Crippen LogP contribution >= 0.6 is 0 Å². The normalized spacial score (nSPS) is 12.8. The van der Waals surface area contributed by atoms with Crippen LogP contribution in [0, 0.1) is 6.92 Å². The van der Waals surface area contributed by atoms with E-state index in [1.807, 2.05) is 6.07 Å². The van der Waals surface area contributed by atoms with Gasteiger partial charge in [-0.05, 0) is 32.0 Å². The largest absolute Gasteiger partial charge is 0.451 e. The lowest BCUT2D eigenvalue weighted by atomic mass is 10.1. The van der Waals surface area contributed by atoms with E-state index in [0.29, 0.717) is 17.0 Å². The summed E-state index contributed by atoms with van der Waals surface area (Å²) in [6.07, 6.45) is -4.19. The molecule has 0 aliphatic heterocycles. The molecule has 0 aliphatic carbocycles. The quantitative estimate of drug-likeness (QED) is 0.544. The van der Waals surface area contributed by atoms with Crippen LogP contribution in [0.5, 0.6) is 0 Å². The summed E-state index contributed by atoms with van der Waals surface area (Å²) < 4.78 is 43.2. The molecule has 0 saturated carbocycles. The van der Waals surface area contributed by atoms with Crippen molar-refractivity contribution in [1.82, 2.24) is 9.97 Å². The molecule has 1 N–H and O–H groups in total. The molecule has 0 radical (unpaired) electrons. The van der Waals surface area contributed by atoms with Gasteiger partial charge in [0, 0.05) is 22.7 Å². The molecule has 2 heterocycles. The lowest BCUT2D eigenvalue weighted by Gasteiger charge is -2.14. The topological polar surface area (TPSA) is 72.0 Å². The van der Waals surface area contributed by atoms with Crippen LogP contribution in [0.15, 0.2) is 42.6 Å². The van der Waals surface area contributed by atoms with Crippen molar-refractivity contribution in [2.45, 2.75) is 26.1 Å². The van der Waals surface area contributed by atoms with Crippen LogP contribution in [0.4, 0.5) is 13.2 Å². The number of carbonyl (C=O) groups is 2. The first-order valence-corrected chi connectivity index (χ1v) is 8.04. The van der Waals surface area contributed by atoms with Crippen molar-refractivity contribution in [3.05, 3.63) is 65.1 Å². The molecule has 0 bridgehead atoms. The Morgan fingerprint density at radius 1 is 1.11 bits per heavy atom. The summed E-state index contributed by atoms with van der Waals surface area (Å²) in [6, 6.07) is 8.86. The Kier molecular flexibility index (Phi) is 4.73. The number of pyridine rings is 1. The number of esters is 1. The van der Waals surface area contributed by atoms with Crippen molar-refractivity contribution in [3.8, 4) is 0 Å². The summed E-state index contributed by atoms with van der Waals surface area (Å²) in [5, 5.41) is 0.692. The number of hydrogen-bond donors (Lipinski definition) is 1. The number of rotatable bonds is 4. The number of aromatic amines is 1. The number of alkyl halides is 3. The van der Waals surface area contributed by atoms with E-state index in [9.17, 15) is 22.8 Å². The molecule has 2 aromatic heterocycles. The number of Topliss-reactive ketones (excluding diaryl/α,β-unsaturated/α-hetero) is 1. The molecule has 0 aliphatic rings. The lowest BCUT2D eigenvalue weighted by Crippen LogP contribution is -2.25. The van der Waals surface area contributed by atoms with Gasteiger partial charge in [0.2, 0.25) is 5.78 Å². The van der Waals surface area contributed by atoms with Gasteiger partial charge in [0.15, 0.2) is 6.10 Å². The minimum atomic E-state index is -4.61. The van der Waals surface area contributed by atoms with Gasteiger partial charge in [0.1, 0.15) is 5.69 Å². The summed E-state index contributed by atoms with van der Waals surface area (Å²) in [5.41, 5.74) is -0.210. The number of nitrogens with one attached hydrogen (secondary N) is 1. The van der Waals surface area contributed by atoms with E-state index >= 15 is 0 Å². The highest BCUT2D eigenvalue weighted by Crippen LogP contribution is 2.28. The first-order chi connectivity index (χ1) is 12.7. The highest BCUT2D eigenvalue weighted by molar-refractivity contribution is 6.10. The van der Waals surface area contributed by atoms with Gasteiger partial charge < -0.3 is 9.72 Å². The molecule has 1 atom stereocenters. The molecule has 0 saturated heterocycles. The summed E-state index contributed by atoms with van der Waals surface area (Å²) in [7, 11) is 0. The van der Waals surface area contributed by atoms with Crippen molar-refractivity contribution in [3.63, 3.8) is 0 Å². The second-order valence-corrected chi connectivity index (χ2v) is 5.99. The van der Waals surface area contributed by atoms with E-state index in [0.717, 1.165) is 11.6 Å². The molecule has 3 rings (SSSR count). The SMILES string of the molecule is Cc1nc(C(F)(F)F)ccc1C(=O)O[C@H](C)C(=O)c1c[nH]c2ccccc12. The van der Waals surface area contributed by atoms with E-state index in [2.05, 4.69) is 9.97 Å². The number of para-hydroxylation sites is 1. The Balaban J connectivity index is 1.78. The number of aryl methyl sites for hydroxylation is 1. The van der Waals surface area contributed by atoms with Crippen LogP contribution in [0.25, 0.3) is 10.9 Å². The Labute approximate surface area is 152 Å². The second kappa shape index (κ2) is 6.86. The molecular weight excluding hydrogens is 361 g/mol. The Morgan fingerprint density at radius 3 is 2.48 bits per heavy atom. The van der Waals surface area contributed by atoms with E-state index in [4.69, 9.17) is 4.74 Å². The van der Waals surface area contributed by atoms with Crippen molar-refractivity contribution < 1.29 is 27.5 Å². The number of H-pyrrole nitrogens is 1. The van der Waals surface area contributed by atoms with E-state index in [-0.39, 0.29) is 11.3 Å². The van der Waals surface area contributed by atoms with Gasteiger partial charge in [-0.3, -0.25) is 4.79 Å². The highest BCUT2D eigenvalue weighted by atomic mass is 19.4. The summed E-state index contributed by atoms with van der Waals surface area (Å²) in [4.78, 5) is 31.2. The smallest absolute Gasteiger partial charge is 0.433 e. The zero-order valence-corrected chi connectivity index (χ0v) is 14.4. The number of fused-ring (bicyclic) bond motifs is 1. The highest BCUT2D eigenvalue weighted by Gasteiger charge is 2.33. The Bertz CT molecular complexity index is 1020. The number of benzene rings is 1. The minimum absolute atomic E-state index is 0.124. The van der Waals surface area contributed by atoms with Gasteiger partial charge >= 0.3 is 12.1 Å². The number of ether oxygens (including phenoxy) is 1. The van der Waals surface area contributed by atoms with E-state index in [1.54, 1.807) is 18.2 Å². The molecule has 0 fully saturated rings. The molecule has 5 nitrogen and oxygen atoms in total. The zero-order valence-electron chi connectivity index (χ0n) is 14.4. The Hall–Kier alpha value is -3.16. The fraction of sp³-hybridized carbons (Fsp3) is 0.211. The van der Waals surface area contributed by atoms with Crippen LogP contribution in [0.1, 0.15) is 39.0 Å². The Morgan fingerprint density at radius 2 is 1.81 bits per heavy atom. The number of carbonyl (C=O) groups excluding carboxylic acids is 2. The molecule has 3 aromatic rings. The predicted octanol–water partition coefficient (Wildman–Crippen LogP) is 4.32. The molecule has 0 spiro atoms. The van der Waals surface area contributed by atoms with Crippen LogP contribution in [-0.2, 0) is 10.9 Å². The molecule has 140 valence electrons. The van der Waals surface area contributed by atoms with Crippen LogP contribution in [-0.4, -0.2) is 27.8 Å². The maximum absolute atomic E-state index is 12.7. The summed E-state index contributed by atoms with van der Waals surface area (Å²) in [5.74, 6) is -1.33. The third-order valence-corrected chi connectivity index (χ3v) is 4.10. The average molecular weight is 376 g/mol. The van der Waals surface area contributed by atoms with Gasteiger partial charge in [-0.15, -0.1) is 0 Å². The third-order valence-electron chi connectivity index (χ3n) is 4.10. The van der Waals surface area contributed by atoms with Crippen LogP contribution < -0.4 is 0 Å². The van der Waals surface area contributed by atoms with Gasteiger partial charge in [-0.2, -0.15) is 13.2 Å². The molecule has 8 heteroatoms. The third kappa shape index (κ3) is 3.69. The molecule has 27 heavy (non-hydrogen) atoms. The number of nitrogens with zero attached hydrogens (tertiary/aromatic N) is 1. The van der Waals surface area contributed by atoms with Crippen molar-refractivity contribution in [2.75, 3.05) is 0 Å². The average Bonchev–Trinajstić information content (AvgIpc) is 3.04. The van der Waals surface area contributed by atoms with Crippen molar-refractivity contribution in [1.29, 1.82) is 0 Å². The fourth-order valence-electron chi connectivity index (χ4n) is 2.71. The summed E-state index contributed by atoms with van der Waals surface area (Å²) >= 11 is 0. The molecule has 0 unspecified atom stereocenters. The van der Waals surface area contributed by atoms with Crippen molar-refractivity contribution in [2.24, 2.45) is 0 Å². The van der Waals surface area contributed by atoms with Crippen LogP contribution in [0.2, 0.25) is 0 Å². The fourth-order valence-corrected chi connectivity index (χ4v) is 2.71. The zero-order chi connectivity index (χ0) is 19.8. The molecule has 0 amide bonds. The van der Waals surface area contributed by atoms with Crippen molar-refractivity contribution >= 4 is 22.7 Å². The van der Waals surface area contributed by atoms with Gasteiger partial charge in [0.05, 0.1) is 11.3 Å². The predicted molar refractivity (Wildman–Crippen MR) is 91.5 cm³/mol. The van der Waals surface area contributed by atoms with Crippen LogP contribution in [0.3, 0.4) is 0 Å². The molecule has 1 aromatic carbocycles. The number of hydrogen-bond acceptors (Lipinski definition) is 4. The monoisotopic (exact) mass is 376 g/mol. The standard InChI is InChI=1S/C19H15F3N2O3/c1-10-12(7-8-16(24-10)19(20,21)22)18(26)27-11(2)17(25)14-9-23-15-6-4-3-5-13(14)15/h3-9,11,23H,1-2H3/t11-/m1/s1. The van der Waals surface area contributed by atoms with Gasteiger partial charge in [-0.25, -0.2) is 9.78 Å². The number of ketones is 1.